The molecule has 3 fully saturated rings. The second kappa shape index (κ2) is 4.68. The summed E-state index contributed by atoms with van der Waals surface area (Å²) in [6.07, 6.45) is 9.95. The van der Waals surface area contributed by atoms with Crippen molar-refractivity contribution >= 4 is 5.78 Å². The fourth-order valence-corrected chi connectivity index (χ4v) is 5.48. The van der Waals surface area contributed by atoms with E-state index in [0.29, 0.717) is 17.8 Å². The smallest absolute Gasteiger partial charge is 0.155 e. The van der Waals surface area contributed by atoms with Crippen LogP contribution in [0.3, 0.4) is 0 Å². The topological polar surface area (TPSA) is 37.3 Å². The molecule has 2 nitrogen and oxygen atoms in total. The van der Waals surface area contributed by atoms with Gasteiger partial charge in [-0.1, -0.05) is 33.8 Å². The fourth-order valence-electron chi connectivity index (χ4n) is 5.48. The number of aliphatic hydroxyl groups excluding tert-OH is 1. The summed E-state index contributed by atoms with van der Waals surface area (Å²) in [5.41, 5.74) is 0.730. The largest absolute Gasteiger partial charge is 0.393 e. The van der Waals surface area contributed by atoms with Crippen molar-refractivity contribution in [2.75, 3.05) is 0 Å². The van der Waals surface area contributed by atoms with Gasteiger partial charge in [0.15, 0.2) is 5.78 Å². The van der Waals surface area contributed by atoms with Gasteiger partial charge in [-0.25, -0.2) is 0 Å². The second-order valence-electron chi connectivity index (χ2n) is 9.10. The third-order valence-corrected chi connectivity index (χ3v) is 7.21. The molecule has 2 bridgehead atoms. The Morgan fingerprint density at radius 3 is 2.48 bits per heavy atom. The van der Waals surface area contributed by atoms with Crippen LogP contribution < -0.4 is 0 Å². The summed E-state index contributed by atoms with van der Waals surface area (Å²) in [6.45, 7) is 9.35. The van der Waals surface area contributed by atoms with Crippen molar-refractivity contribution in [1.29, 1.82) is 0 Å². The highest BCUT2D eigenvalue weighted by Crippen LogP contribution is 2.67. The molecule has 4 aliphatic rings. The number of aliphatic hydroxyl groups is 1. The number of fused-ring (bicyclic) bond motifs is 2. The van der Waals surface area contributed by atoms with E-state index in [2.05, 4.69) is 33.8 Å². The molecule has 5 atom stereocenters. The summed E-state index contributed by atoms with van der Waals surface area (Å²) in [5, 5.41) is 10.5. The molecular formula is C19H30O2. The maximum Gasteiger partial charge on any atom is 0.155 e. The summed E-state index contributed by atoms with van der Waals surface area (Å²) >= 11 is 0. The molecule has 0 spiro atoms. The Balaban J connectivity index is 1.70. The zero-order valence-corrected chi connectivity index (χ0v) is 14.0. The SMILES string of the molecule is CC1(C)[C@@H]2C[C@H]1[C@@](C)(CC[C@]1(C)C=CC(=O)CC1)C[C@@H]2O. The predicted octanol–water partition coefficient (Wildman–Crippen LogP) is 4.13. The molecule has 0 aromatic rings. The molecule has 2 heteroatoms. The number of allylic oxidation sites excluding steroid dienone is 2. The Morgan fingerprint density at radius 1 is 1.24 bits per heavy atom. The van der Waals surface area contributed by atoms with Crippen LogP contribution in [-0.2, 0) is 4.79 Å². The van der Waals surface area contributed by atoms with Crippen LogP contribution in [0.1, 0.15) is 66.2 Å². The molecule has 0 aromatic carbocycles. The van der Waals surface area contributed by atoms with Crippen LogP contribution in [0.2, 0.25) is 0 Å². The molecule has 21 heavy (non-hydrogen) atoms. The average Bonchev–Trinajstić information content (AvgIpc) is 2.39. The molecule has 0 radical (unpaired) electrons. The van der Waals surface area contributed by atoms with E-state index in [-0.39, 0.29) is 22.7 Å². The van der Waals surface area contributed by atoms with Crippen LogP contribution in [0.15, 0.2) is 12.2 Å². The minimum absolute atomic E-state index is 0.119. The molecule has 3 saturated carbocycles. The lowest BCUT2D eigenvalue weighted by atomic mass is 9.39. The van der Waals surface area contributed by atoms with E-state index in [0.717, 1.165) is 25.2 Å². The van der Waals surface area contributed by atoms with Crippen molar-refractivity contribution in [3.63, 3.8) is 0 Å². The normalized spacial score (nSPS) is 48.0. The Labute approximate surface area is 129 Å². The first-order valence-corrected chi connectivity index (χ1v) is 8.56. The van der Waals surface area contributed by atoms with Gasteiger partial charge in [0.1, 0.15) is 0 Å². The van der Waals surface area contributed by atoms with Crippen molar-refractivity contribution in [1.82, 2.24) is 0 Å². The van der Waals surface area contributed by atoms with Gasteiger partial charge in [-0.15, -0.1) is 0 Å². The van der Waals surface area contributed by atoms with Crippen LogP contribution in [-0.4, -0.2) is 17.0 Å². The zero-order valence-electron chi connectivity index (χ0n) is 14.0. The summed E-state index contributed by atoms with van der Waals surface area (Å²) < 4.78 is 0. The van der Waals surface area contributed by atoms with Gasteiger partial charge in [-0.2, -0.15) is 0 Å². The first-order chi connectivity index (χ1) is 9.66. The molecule has 0 heterocycles. The van der Waals surface area contributed by atoms with Crippen LogP contribution >= 0.6 is 0 Å². The van der Waals surface area contributed by atoms with Gasteiger partial charge in [-0.3, -0.25) is 4.79 Å². The van der Waals surface area contributed by atoms with Crippen molar-refractivity contribution in [3.05, 3.63) is 12.2 Å². The first-order valence-electron chi connectivity index (χ1n) is 8.56. The number of ketones is 1. The van der Waals surface area contributed by atoms with Crippen LogP contribution in [0, 0.1) is 28.1 Å². The van der Waals surface area contributed by atoms with Gasteiger partial charge < -0.3 is 5.11 Å². The molecular weight excluding hydrogens is 260 g/mol. The van der Waals surface area contributed by atoms with Gasteiger partial charge in [-0.05, 0) is 66.3 Å². The molecule has 0 aliphatic heterocycles. The second-order valence-corrected chi connectivity index (χ2v) is 9.10. The van der Waals surface area contributed by atoms with Gasteiger partial charge in [0.25, 0.3) is 0 Å². The maximum absolute atomic E-state index is 11.4. The fraction of sp³-hybridized carbons (Fsp3) is 0.842. The van der Waals surface area contributed by atoms with Gasteiger partial charge in [0.05, 0.1) is 6.10 Å². The Kier molecular flexibility index (Phi) is 3.40. The third kappa shape index (κ3) is 2.40. The lowest BCUT2D eigenvalue weighted by Crippen LogP contribution is -2.62. The van der Waals surface area contributed by atoms with Crippen LogP contribution in [0.5, 0.6) is 0 Å². The van der Waals surface area contributed by atoms with E-state index >= 15 is 0 Å². The maximum atomic E-state index is 11.4. The summed E-state index contributed by atoms with van der Waals surface area (Å²) in [5.74, 6) is 1.53. The highest BCUT2D eigenvalue weighted by molar-refractivity contribution is 5.90. The monoisotopic (exact) mass is 290 g/mol. The molecule has 1 N–H and O–H groups in total. The molecule has 118 valence electrons. The predicted molar refractivity (Wildman–Crippen MR) is 84.8 cm³/mol. The molecule has 0 saturated heterocycles. The van der Waals surface area contributed by atoms with E-state index in [9.17, 15) is 9.90 Å². The number of hydrogen-bond donors (Lipinski definition) is 1. The Bertz CT molecular complexity index is 478. The van der Waals surface area contributed by atoms with E-state index in [1.165, 1.54) is 12.8 Å². The minimum Gasteiger partial charge on any atom is -0.393 e. The van der Waals surface area contributed by atoms with Crippen molar-refractivity contribution in [2.45, 2.75) is 72.3 Å². The molecule has 0 amide bonds. The highest BCUT2D eigenvalue weighted by atomic mass is 16.3. The number of rotatable bonds is 3. The van der Waals surface area contributed by atoms with Gasteiger partial charge >= 0.3 is 0 Å². The van der Waals surface area contributed by atoms with Crippen LogP contribution in [0.25, 0.3) is 0 Å². The number of carbonyl (C=O) groups is 1. The molecule has 0 unspecified atom stereocenters. The van der Waals surface area contributed by atoms with Crippen molar-refractivity contribution in [2.24, 2.45) is 28.1 Å². The number of carbonyl (C=O) groups excluding carboxylic acids is 1. The first kappa shape index (κ1) is 15.3. The van der Waals surface area contributed by atoms with E-state index in [4.69, 9.17) is 0 Å². The van der Waals surface area contributed by atoms with Gasteiger partial charge in [0.2, 0.25) is 0 Å². The summed E-state index contributed by atoms with van der Waals surface area (Å²) in [4.78, 5) is 11.4. The Hall–Kier alpha value is -0.630. The van der Waals surface area contributed by atoms with E-state index in [1.807, 2.05) is 0 Å². The minimum atomic E-state index is -0.119. The summed E-state index contributed by atoms with van der Waals surface area (Å²) in [6, 6.07) is 0. The van der Waals surface area contributed by atoms with Gasteiger partial charge in [0, 0.05) is 6.42 Å². The van der Waals surface area contributed by atoms with E-state index < -0.39 is 0 Å². The highest BCUT2D eigenvalue weighted by Gasteiger charge is 2.62. The van der Waals surface area contributed by atoms with Crippen LogP contribution in [0.4, 0.5) is 0 Å². The molecule has 4 rings (SSSR count). The molecule has 4 aliphatic carbocycles. The number of hydrogen-bond acceptors (Lipinski definition) is 2. The average molecular weight is 290 g/mol. The third-order valence-electron chi connectivity index (χ3n) is 7.21. The van der Waals surface area contributed by atoms with Crippen molar-refractivity contribution < 1.29 is 9.90 Å². The summed E-state index contributed by atoms with van der Waals surface area (Å²) in [7, 11) is 0. The zero-order chi connectivity index (χ0) is 15.5. The van der Waals surface area contributed by atoms with Crippen molar-refractivity contribution in [3.8, 4) is 0 Å². The molecule has 0 aromatic heterocycles. The standard InChI is InChI=1S/C19H30O2/c1-17(2)14-11-16(17)19(4,12-15(14)21)10-9-18(3)7-5-13(20)6-8-18/h5,7,14-16,21H,6,8-12H2,1-4H3/t14-,15+,16-,18-,19+/m1/s1. The lowest BCUT2D eigenvalue weighted by Gasteiger charge is -2.66. The quantitative estimate of drug-likeness (QED) is 0.848. The lowest BCUT2D eigenvalue weighted by molar-refractivity contribution is -0.210. The Morgan fingerprint density at radius 2 is 1.95 bits per heavy atom. The van der Waals surface area contributed by atoms with E-state index in [1.54, 1.807) is 6.08 Å².